The van der Waals surface area contributed by atoms with Gasteiger partial charge in [-0.25, -0.2) is 0 Å². The number of hydrogen-bond donors (Lipinski definition) is 1. The Morgan fingerprint density at radius 2 is 2.20 bits per heavy atom. The van der Waals surface area contributed by atoms with Crippen LogP contribution in [0.15, 0.2) is 23.4 Å². The first kappa shape index (κ1) is 14.3. The Morgan fingerprint density at radius 1 is 1.45 bits per heavy atom. The van der Waals surface area contributed by atoms with E-state index in [1.54, 1.807) is 30.9 Å². The molecule has 0 saturated heterocycles. The van der Waals surface area contributed by atoms with E-state index in [-0.39, 0.29) is 5.69 Å². The Kier molecular flexibility index (Phi) is 4.23. The van der Waals surface area contributed by atoms with Gasteiger partial charge in [0.05, 0.1) is 4.92 Å². The highest BCUT2D eigenvalue weighted by molar-refractivity contribution is 7.98. The fraction of sp³-hybridized carbons (Fsp3) is 0.333. The van der Waals surface area contributed by atoms with Crippen LogP contribution in [-0.4, -0.2) is 26.7 Å². The van der Waals surface area contributed by atoms with E-state index in [4.69, 9.17) is 0 Å². The molecule has 0 aliphatic carbocycles. The summed E-state index contributed by atoms with van der Waals surface area (Å²) in [6, 6.07) is 5.06. The number of rotatable bonds is 5. The predicted octanol–water partition coefficient (Wildman–Crippen LogP) is 2.37. The monoisotopic (exact) mass is 293 g/mol. The molecule has 1 aromatic heterocycles. The van der Waals surface area contributed by atoms with Crippen LogP contribution in [0.4, 0.5) is 11.4 Å². The molecule has 0 aliphatic heterocycles. The van der Waals surface area contributed by atoms with Crippen molar-refractivity contribution in [2.45, 2.75) is 17.8 Å². The van der Waals surface area contributed by atoms with E-state index in [2.05, 4.69) is 15.5 Å². The van der Waals surface area contributed by atoms with E-state index in [0.717, 1.165) is 16.5 Å². The van der Waals surface area contributed by atoms with Crippen molar-refractivity contribution in [1.82, 2.24) is 14.8 Å². The van der Waals surface area contributed by atoms with Crippen molar-refractivity contribution in [3.05, 3.63) is 39.7 Å². The van der Waals surface area contributed by atoms with Gasteiger partial charge < -0.3 is 9.88 Å². The summed E-state index contributed by atoms with van der Waals surface area (Å²) in [7, 11) is 3.58. The van der Waals surface area contributed by atoms with E-state index in [9.17, 15) is 10.1 Å². The average Bonchev–Trinajstić information content (AvgIpc) is 2.76. The number of hydrogen-bond acceptors (Lipinski definition) is 6. The first-order valence-electron chi connectivity index (χ1n) is 5.96. The van der Waals surface area contributed by atoms with Gasteiger partial charge in [-0.3, -0.25) is 10.1 Å². The number of anilines is 1. The number of benzene rings is 1. The first-order chi connectivity index (χ1) is 9.52. The summed E-state index contributed by atoms with van der Waals surface area (Å²) in [6.45, 7) is 1.89. The molecule has 20 heavy (non-hydrogen) atoms. The fourth-order valence-corrected chi connectivity index (χ4v) is 2.59. The van der Waals surface area contributed by atoms with Crippen molar-refractivity contribution >= 4 is 23.1 Å². The van der Waals surface area contributed by atoms with Gasteiger partial charge in [-0.15, -0.1) is 10.2 Å². The largest absolute Gasteiger partial charge is 0.383 e. The Labute approximate surface area is 120 Å². The van der Waals surface area contributed by atoms with Crippen molar-refractivity contribution in [1.29, 1.82) is 0 Å². The van der Waals surface area contributed by atoms with Crippen LogP contribution in [0.3, 0.4) is 0 Å². The van der Waals surface area contributed by atoms with E-state index < -0.39 is 4.92 Å². The molecular formula is C12H15N5O2S. The predicted molar refractivity (Wildman–Crippen MR) is 77.9 cm³/mol. The quantitative estimate of drug-likeness (QED) is 0.517. The number of nitro groups is 1. The van der Waals surface area contributed by atoms with Gasteiger partial charge in [0.25, 0.3) is 5.69 Å². The highest BCUT2D eigenvalue weighted by atomic mass is 32.2. The molecule has 1 heterocycles. The molecule has 1 N–H and O–H groups in total. The van der Waals surface area contributed by atoms with Gasteiger partial charge >= 0.3 is 0 Å². The van der Waals surface area contributed by atoms with Crippen molar-refractivity contribution < 1.29 is 4.92 Å². The minimum absolute atomic E-state index is 0.0794. The summed E-state index contributed by atoms with van der Waals surface area (Å²) in [4.78, 5) is 10.5. The highest BCUT2D eigenvalue weighted by Crippen LogP contribution is 2.28. The van der Waals surface area contributed by atoms with Crippen LogP contribution < -0.4 is 5.32 Å². The molecule has 1 aromatic carbocycles. The normalized spacial score (nSPS) is 10.6. The summed E-state index contributed by atoms with van der Waals surface area (Å²) in [5.41, 5.74) is 1.59. The van der Waals surface area contributed by atoms with Gasteiger partial charge in [-0.05, 0) is 18.6 Å². The first-order valence-corrected chi connectivity index (χ1v) is 6.95. The maximum atomic E-state index is 10.9. The number of nitrogens with one attached hydrogen (secondary N) is 1. The fourth-order valence-electron chi connectivity index (χ4n) is 1.69. The van der Waals surface area contributed by atoms with E-state index >= 15 is 0 Å². The molecule has 7 nitrogen and oxygen atoms in total. The zero-order valence-electron chi connectivity index (χ0n) is 11.5. The van der Waals surface area contributed by atoms with Crippen LogP contribution >= 0.6 is 11.8 Å². The molecule has 2 rings (SSSR count). The molecule has 0 aliphatic rings. The number of aromatic nitrogens is 3. The standard InChI is InChI=1S/C12H15N5O2S/c1-8-14-15-12(16(8)3)20-7-9-4-5-11(17(18)19)10(6-9)13-2/h4-6,13H,7H2,1-3H3. The van der Waals surface area contributed by atoms with Crippen LogP contribution in [0.25, 0.3) is 0 Å². The third-order valence-corrected chi connectivity index (χ3v) is 4.04. The minimum Gasteiger partial charge on any atom is -0.383 e. The van der Waals surface area contributed by atoms with Gasteiger partial charge in [-0.2, -0.15) is 0 Å². The second kappa shape index (κ2) is 5.91. The van der Waals surface area contributed by atoms with Gasteiger partial charge in [0, 0.05) is 25.9 Å². The third-order valence-electron chi connectivity index (χ3n) is 2.95. The topological polar surface area (TPSA) is 85.9 Å². The maximum Gasteiger partial charge on any atom is 0.292 e. The molecule has 0 spiro atoms. The average molecular weight is 293 g/mol. The van der Waals surface area contributed by atoms with Crippen LogP contribution in [0.1, 0.15) is 11.4 Å². The molecule has 0 atom stereocenters. The molecule has 2 aromatic rings. The SMILES string of the molecule is CNc1cc(CSc2nnc(C)n2C)ccc1[N+](=O)[O-]. The lowest BCUT2D eigenvalue weighted by molar-refractivity contribution is -0.383. The summed E-state index contributed by atoms with van der Waals surface area (Å²) in [5.74, 6) is 1.53. The highest BCUT2D eigenvalue weighted by Gasteiger charge is 2.13. The second-order valence-electron chi connectivity index (χ2n) is 4.24. The van der Waals surface area contributed by atoms with Gasteiger partial charge in [0.2, 0.25) is 0 Å². The van der Waals surface area contributed by atoms with Gasteiger partial charge in [0.15, 0.2) is 5.16 Å². The Morgan fingerprint density at radius 3 is 2.75 bits per heavy atom. The smallest absolute Gasteiger partial charge is 0.292 e. The number of nitro benzene ring substituents is 1. The number of aryl methyl sites for hydroxylation is 1. The Bertz CT molecular complexity index is 641. The van der Waals surface area contributed by atoms with Crippen molar-refractivity contribution in [3.8, 4) is 0 Å². The second-order valence-corrected chi connectivity index (χ2v) is 5.18. The lowest BCUT2D eigenvalue weighted by atomic mass is 10.2. The van der Waals surface area contributed by atoms with Crippen LogP contribution in [-0.2, 0) is 12.8 Å². The lowest BCUT2D eigenvalue weighted by Crippen LogP contribution is -1.98. The molecule has 0 fully saturated rings. The zero-order chi connectivity index (χ0) is 14.7. The summed E-state index contributed by atoms with van der Waals surface area (Å²) in [5, 5.41) is 22.6. The number of nitrogens with zero attached hydrogens (tertiary/aromatic N) is 4. The van der Waals surface area contributed by atoms with E-state index in [1.165, 1.54) is 6.07 Å². The minimum atomic E-state index is -0.394. The molecule has 0 saturated carbocycles. The Balaban J connectivity index is 2.14. The molecular weight excluding hydrogens is 278 g/mol. The van der Waals surface area contributed by atoms with Crippen molar-refractivity contribution in [3.63, 3.8) is 0 Å². The third kappa shape index (κ3) is 2.90. The van der Waals surface area contributed by atoms with E-state index in [0.29, 0.717) is 11.4 Å². The van der Waals surface area contributed by atoms with Gasteiger partial charge in [0.1, 0.15) is 11.5 Å². The summed E-state index contributed by atoms with van der Waals surface area (Å²) < 4.78 is 1.91. The summed E-state index contributed by atoms with van der Waals surface area (Å²) >= 11 is 1.55. The summed E-state index contributed by atoms with van der Waals surface area (Å²) in [6.07, 6.45) is 0. The molecule has 0 unspecified atom stereocenters. The molecule has 8 heteroatoms. The van der Waals surface area contributed by atoms with Crippen LogP contribution in [0.5, 0.6) is 0 Å². The zero-order valence-corrected chi connectivity index (χ0v) is 12.3. The molecule has 0 radical (unpaired) electrons. The van der Waals surface area contributed by atoms with E-state index in [1.807, 2.05) is 18.5 Å². The lowest BCUT2D eigenvalue weighted by Gasteiger charge is -2.06. The maximum absolute atomic E-state index is 10.9. The number of thioether (sulfide) groups is 1. The van der Waals surface area contributed by atoms with Crippen LogP contribution in [0, 0.1) is 17.0 Å². The molecule has 0 bridgehead atoms. The van der Waals surface area contributed by atoms with Crippen LogP contribution in [0.2, 0.25) is 0 Å². The molecule has 0 amide bonds. The van der Waals surface area contributed by atoms with Crippen molar-refractivity contribution in [2.24, 2.45) is 7.05 Å². The van der Waals surface area contributed by atoms with Gasteiger partial charge in [-0.1, -0.05) is 17.8 Å². The Hall–Kier alpha value is -2.09. The van der Waals surface area contributed by atoms with Crippen molar-refractivity contribution in [2.75, 3.05) is 12.4 Å². The molecule has 106 valence electrons.